The molecule has 0 saturated heterocycles. The van der Waals surface area contributed by atoms with E-state index < -0.39 is 30.6 Å². The fourth-order valence-electron chi connectivity index (χ4n) is 1.08. The molecule has 4 nitrogen and oxygen atoms in total. The van der Waals surface area contributed by atoms with E-state index in [4.69, 9.17) is 0 Å². The van der Waals surface area contributed by atoms with Crippen molar-refractivity contribution in [1.82, 2.24) is 5.48 Å². The fourth-order valence-corrected chi connectivity index (χ4v) is 1.08. The van der Waals surface area contributed by atoms with Crippen molar-refractivity contribution >= 4 is 11.7 Å². The van der Waals surface area contributed by atoms with Crippen molar-refractivity contribution in [3.63, 3.8) is 0 Å². The summed E-state index contributed by atoms with van der Waals surface area (Å²) in [6, 6.07) is 2.19. The fraction of sp³-hybridized carbons (Fsp3) is 0.300. The largest absolute Gasteiger partial charge is 0.416 e. The number of hydroxylamine groups is 1. The van der Waals surface area contributed by atoms with Crippen LogP contribution in [0.1, 0.15) is 5.56 Å². The van der Waals surface area contributed by atoms with Crippen molar-refractivity contribution in [3.8, 4) is 0 Å². The Labute approximate surface area is 108 Å². The van der Waals surface area contributed by atoms with Crippen LogP contribution >= 0.6 is 0 Å². The number of halogens is 6. The highest BCUT2D eigenvalue weighted by atomic mass is 19.4. The van der Waals surface area contributed by atoms with Crippen molar-refractivity contribution in [2.24, 2.45) is 0 Å². The summed E-state index contributed by atoms with van der Waals surface area (Å²) >= 11 is 0. The summed E-state index contributed by atoms with van der Waals surface area (Å²) in [7, 11) is 0. The summed E-state index contributed by atoms with van der Waals surface area (Å²) in [6.07, 6.45) is -9.13. The normalized spacial score (nSPS) is 12.1. The number of hydrogen-bond acceptors (Lipinski definition) is 2. The smallest absolute Gasteiger partial charge is 0.306 e. The molecule has 20 heavy (non-hydrogen) atoms. The summed E-state index contributed by atoms with van der Waals surface area (Å²) < 4.78 is 71.8. The molecule has 1 aromatic carbocycles. The van der Waals surface area contributed by atoms with E-state index in [2.05, 4.69) is 4.84 Å². The van der Waals surface area contributed by atoms with Crippen molar-refractivity contribution in [2.75, 3.05) is 11.9 Å². The van der Waals surface area contributed by atoms with Crippen LogP contribution in [0.3, 0.4) is 0 Å². The molecule has 1 rings (SSSR count). The molecule has 0 radical (unpaired) electrons. The van der Waals surface area contributed by atoms with E-state index >= 15 is 0 Å². The SMILES string of the molecule is O=C(NOCC(F)(F)F)Nc1ccc(C(F)(F)F)cc1. The molecule has 2 amide bonds. The molecule has 0 aromatic heterocycles. The standard InChI is InChI=1S/C10H8F6N2O2/c11-9(12,13)5-20-18-8(19)17-7-3-1-6(2-4-7)10(14,15)16/h1-4H,5H2,(H2,17,18,19). The molecular formula is C10H8F6N2O2. The van der Waals surface area contributed by atoms with Gasteiger partial charge in [-0.1, -0.05) is 0 Å². The average molecular weight is 302 g/mol. The molecule has 0 aliphatic heterocycles. The lowest BCUT2D eigenvalue weighted by molar-refractivity contribution is -0.183. The molecule has 0 saturated carbocycles. The number of rotatable bonds is 3. The minimum Gasteiger partial charge on any atom is -0.306 e. The van der Waals surface area contributed by atoms with Crippen LogP contribution in [0.4, 0.5) is 36.8 Å². The minimum absolute atomic E-state index is 0.0360. The van der Waals surface area contributed by atoms with E-state index in [9.17, 15) is 31.1 Å². The Hall–Kier alpha value is -1.97. The van der Waals surface area contributed by atoms with Crippen LogP contribution in [-0.2, 0) is 11.0 Å². The number of hydrogen-bond donors (Lipinski definition) is 2. The van der Waals surface area contributed by atoms with Gasteiger partial charge >= 0.3 is 18.4 Å². The first-order valence-electron chi connectivity index (χ1n) is 5.01. The maximum Gasteiger partial charge on any atom is 0.416 e. The van der Waals surface area contributed by atoms with Crippen molar-refractivity contribution in [1.29, 1.82) is 0 Å². The predicted molar refractivity (Wildman–Crippen MR) is 55.6 cm³/mol. The number of carbonyl (C=O) groups is 1. The summed E-state index contributed by atoms with van der Waals surface area (Å²) in [6.45, 7) is -1.69. The molecule has 0 atom stereocenters. The van der Waals surface area contributed by atoms with Crippen LogP contribution in [0.25, 0.3) is 0 Å². The number of carbonyl (C=O) groups excluding carboxylic acids is 1. The first-order chi connectivity index (χ1) is 9.08. The Morgan fingerprint density at radius 3 is 2.05 bits per heavy atom. The van der Waals surface area contributed by atoms with Gasteiger partial charge in [-0.15, -0.1) is 0 Å². The zero-order valence-electron chi connectivity index (χ0n) is 9.60. The molecule has 0 bridgehead atoms. The molecular weight excluding hydrogens is 294 g/mol. The van der Waals surface area contributed by atoms with Gasteiger partial charge in [0.05, 0.1) is 5.56 Å². The number of anilines is 1. The van der Waals surface area contributed by atoms with Gasteiger partial charge in [-0.25, -0.2) is 10.3 Å². The second-order valence-corrected chi connectivity index (χ2v) is 3.54. The highest BCUT2D eigenvalue weighted by molar-refractivity contribution is 5.88. The highest BCUT2D eigenvalue weighted by Crippen LogP contribution is 2.29. The van der Waals surface area contributed by atoms with E-state index in [1.165, 1.54) is 5.48 Å². The maximum atomic E-state index is 12.2. The lowest BCUT2D eigenvalue weighted by Gasteiger charge is -2.10. The van der Waals surface area contributed by atoms with E-state index in [0.29, 0.717) is 12.1 Å². The zero-order valence-corrected chi connectivity index (χ0v) is 9.60. The molecule has 2 N–H and O–H groups in total. The van der Waals surface area contributed by atoms with Crippen LogP contribution in [-0.4, -0.2) is 18.8 Å². The molecule has 112 valence electrons. The van der Waals surface area contributed by atoms with Crippen LogP contribution in [0.2, 0.25) is 0 Å². The molecule has 1 aromatic rings. The van der Waals surface area contributed by atoms with Gasteiger partial charge in [0.2, 0.25) is 0 Å². The number of urea groups is 1. The third-order valence-electron chi connectivity index (χ3n) is 1.87. The molecule has 10 heteroatoms. The Morgan fingerprint density at radius 1 is 1.05 bits per heavy atom. The van der Waals surface area contributed by atoms with E-state index in [0.717, 1.165) is 12.1 Å². The summed E-state index contributed by atoms with van der Waals surface area (Å²) in [5.74, 6) is 0. The molecule has 0 aliphatic carbocycles. The first-order valence-corrected chi connectivity index (χ1v) is 5.01. The average Bonchev–Trinajstić information content (AvgIpc) is 2.26. The molecule has 0 unspecified atom stereocenters. The van der Waals surface area contributed by atoms with Gasteiger partial charge in [0, 0.05) is 5.69 Å². The Bertz CT molecular complexity index is 454. The Morgan fingerprint density at radius 2 is 1.60 bits per heavy atom. The Kier molecular flexibility index (Phi) is 4.82. The van der Waals surface area contributed by atoms with Crippen LogP contribution in [0, 0.1) is 0 Å². The minimum atomic E-state index is -4.61. The second-order valence-electron chi connectivity index (χ2n) is 3.54. The van der Waals surface area contributed by atoms with Gasteiger partial charge in [0.1, 0.15) is 0 Å². The Balaban J connectivity index is 2.47. The quantitative estimate of drug-likeness (QED) is 0.665. The number of benzene rings is 1. The van der Waals surface area contributed by atoms with Gasteiger partial charge in [0.15, 0.2) is 6.61 Å². The lowest BCUT2D eigenvalue weighted by Crippen LogP contribution is -2.32. The summed E-state index contributed by atoms with van der Waals surface area (Å²) in [5, 5.41) is 2.00. The van der Waals surface area contributed by atoms with Gasteiger partial charge in [0.25, 0.3) is 0 Å². The topological polar surface area (TPSA) is 50.4 Å². The third-order valence-corrected chi connectivity index (χ3v) is 1.87. The van der Waals surface area contributed by atoms with Gasteiger partial charge in [-0.2, -0.15) is 26.3 Å². The van der Waals surface area contributed by atoms with E-state index in [1.807, 2.05) is 5.32 Å². The van der Waals surface area contributed by atoms with Crippen LogP contribution in [0.5, 0.6) is 0 Å². The van der Waals surface area contributed by atoms with Gasteiger partial charge in [-0.05, 0) is 24.3 Å². The lowest BCUT2D eigenvalue weighted by atomic mass is 10.2. The first kappa shape index (κ1) is 16.1. The van der Waals surface area contributed by atoms with Crippen molar-refractivity contribution in [2.45, 2.75) is 12.4 Å². The summed E-state index contributed by atoms with van der Waals surface area (Å²) in [4.78, 5) is 14.9. The molecule has 0 fully saturated rings. The summed E-state index contributed by atoms with van der Waals surface area (Å²) in [5.41, 5.74) is 0.485. The molecule has 0 aliphatic rings. The number of alkyl halides is 6. The van der Waals surface area contributed by atoms with Crippen LogP contribution in [0.15, 0.2) is 24.3 Å². The number of nitrogens with one attached hydrogen (secondary N) is 2. The van der Waals surface area contributed by atoms with Crippen molar-refractivity contribution < 1.29 is 36.0 Å². The second kappa shape index (κ2) is 5.99. The monoisotopic (exact) mass is 302 g/mol. The zero-order chi connectivity index (χ0) is 15.4. The van der Waals surface area contributed by atoms with Gasteiger partial charge < -0.3 is 5.32 Å². The van der Waals surface area contributed by atoms with Crippen molar-refractivity contribution in [3.05, 3.63) is 29.8 Å². The van der Waals surface area contributed by atoms with E-state index in [-0.39, 0.29) is 5.69 Å². The predicted octanol–water partition coefficient (Wildman–Crippen LogP) is 3.32. The van der Waals surface area contributed by atoms with Gasteiger partial charge in [-0.3, -0.25) is 4.84 Å². The molecule has 0 heterocycles. The maximum absolute atomic E-state index is 12.2. The van der Waals surface area contributed by atoms with Crippen LogP contribution < -0.4 is 10.8 Å². The van der Waals surface area contributed by atoms with E-state index in [1.54, 1.807) is 0 Å². The third kappa shape index (κ3) is 5.78. The molecule has 0 spiro atoms. The number of amides is 2. The highest BCUT2D eigenvalue weighted by Gasteiger charge is 2.30.